The van der Waals surface area contributed by atoms with E-state index in [1.54, 1.807) is 0 Å². The fraction of sp³-hybridized carbons (Fsp3) is 0.389. The van der Waals surface area contributed by atoms with Crippen molar-refractivity contribution in [2.24, 2.45) is 0 Å². The molecule has 2 aliphatic rings. The summed E-state index contributed by atoms with van der Waals surface area (Å²) in [4.78, 5) is 61.7. The van der Waals surface area contributed by atoms with Crippen molar-refractivity contribution in [3.05, 3.63) is 34.9 Å². The van der Waals surface area contributed by atoms with Crippen LogP contribution in [0.3, 0.4) is 0 Å². The minimum atomic E-state index is -1.02. The van der Waals surface area contributed by atoms with E-state index in [0.717, 1.165) is 11.3 Å². The Morgan fingerprint density at radius 3 is 2.58 bits per heavy atom. The quantitative estimate of drug-likeness (QED) is 0.767. The van der Waals surface area contributed by atoms with Crippen molar-refractivity contribution in [3.63, 3.8) is 0 Å². The second kappa shape index (κ2) is 6.70. The van der Waals surface area contributed by atoms with E-state index in [9.17, 15) is 24.0 Å². The van der Waals surface area contributed by atoms with Crippen LogP contribution in [0.4, 0.5) is 0 Å². The van der Waals surface area contributed by atoms with Crippen LogP contribution >= 0.6 is 0 Å². The van der Waals surface area contributed by atoms with E-state index in [1.165, 1.54) is 18.2 Å². The summed E-state index contributed by atoms with van der Waals surface area (Å²) < 4.78 is 0. The van der Waals surface area contributed by atoms with Gasteiger partial charge in [0.1, 0.15) is 6.04 Å². The Morgan fingerprint density at radius 1 is 1.23 bits per heavy atom. The van der Waals surface area contributed by atoms with Gasteiger partial charge in [-0.1, -0.05) is 6.92 Å². The number of carbonyl (C=O) groups is 5. The number of nitrogens with zero attached hydrogens (tertiary/aromatic N) is 1. The average Bonchev–Trinajstić information content (AvgIpc) is 2.86. The highest BCUT2D eigenvalue weighted by molar-refractivity contribution is 6.24. The molecule has 2 N–H and O–H groups in total. The zero-order valence-corrected chi connectivity index (χ0v) is 14.5. The standard InChI is InChI=1S/C18H19N3O5/c1-3-9(2)19-15(23)10-4-5-11-12(8-10)18(26)21(17(11)25)13-6-7-14(22)20-16(13)24/h4-5,8-9,13H,3,6-7H2,1-2H3,(H,19,23)(H,20,22,24). The first-order valence-corrected chi connectivity index (χ1v) is 8.50. The fourth-order valence-electron chi connectivity index (χ4n) is 3.02. The molecule has 1 saturated heterocycles. The van der Waals surface area contributed by atoms with E-state index >= 15 is 0 Å². The molecule has 0 saturated carbocycles. The number of hydrogen-bond acceptors (Lipinski definition) is 5. The first kappa shape index (κ1) is 17.8. The zero-order chi connectivity index (χ0) is 19.0. The van der Waals surface area contributed by atoms with Crippen LogP contribution in [-0.2, 0) is 9.59 Å². The number of fused-ring (bicyclic) bond motifs is 1. The van der Waals surface area contributed by atoms with Gasteiger partial charge in [0.05, 0.1) is 11.1 Å². The molecule has 1 aromatic rings. The van der Waals surface area contributed by atoms with Crippen molar-refractivity contribution in [2.45, 2.75) is 45.2 Å². The Balaban J connectivity index is 1.87. The van der Waals surface area contributed by atoms with Gasteiger partial charge in [-0.05, 0) is 38.0 Å². The molecule has 3 rings (SSSR count). The summed E-state index contributed by atoms with van der Waals surface area (Å²) in [6, 6.07) is 3.24. The molecule has 8 nitrogen and oxygen atoms in total. The predicted molar refractivity (Wildman–Crippen MR) is 90.3 cm³/mol. The summed E-state index contributed by atoms with van der Waals surface area (Å²) in [6.45, 7) is 3.80. The lowest BCUT2D eigenvalue weighted by Crippen LogP contribution is -2.54. The molecule has 1 aromatic carbocycles. The third-order valence-corrected chi connectivity index (χ3v) is 4.69. The van der Waals surface area contributed by atoms with Crippen molar-refractivity contribution in [2.75, 3.05) is 0 Å². The minimum absolute atomic E-state index is 0.0203. The van der Waals surface area contributed by atoms with E-state index in [4.69, 9.17) is 0 Å². The molecule has 2 atom stereocenters. The highest BCUT2D eigenvalue weighted by atomic mass is 16.2. The van der Waals surface area contributed by atoms with Crippen LogP contribution in [0.1, 0.15) is 64.2 Å². The topological polar surface area (TPSA) is 113 Å². The number of piperidine rings is 1. The lowest BCUT2D eigenvalue weighted by atomic mass is 10.0. The van der Waals surface area contributed by atoms with Crippen molar-refractivity contribution in [1.29, 1.82) is 0 Å². The van der Waals surface area contributed by atoms with E-state index in [2.05, 4.69) is 10.6 Å². The monoisotopic (exact) mass is 357 g/mol. The number of imide groups is 2. The van der Waals surface area contributed by atoms with Crippen molar-refractivity contribution in [3.8, 4) is 0 Å². The smallest absolute Gasteiger partial charge is 0.262 e. The molecule has 0 spiro atoms. The molecule has 8 heteroatoms. The second-order valence-corrected chi connectivity index (χ2v) is 6.49. The highest BCUT2D eigenvalue weighted by Gasteiger charge is 2.44. The minimum Gasteiger partial charge on any atom is -0.350 e. The molecule has 5 amide bonds. The molecule has 2 aliphatic heterocycles. The first-order valence-electron chi connectivity index (χ1n) is 8.50. The molecule has 26 heavy (non-hydrogen) atoms. The number of rotatable bonds is 4. The third kappa shape index (κ3) is 2.98. The average molecular weight is 357 g/mol. The molecule has 2 unspecified atom stereocenters. The molecule has 2 heterocycles. The molecule has 0 radical (unpaired) electrons. The predicted octanol–water partition coefficient (Wildman–Crippen LogP) is 0.616. The molecular formula is C18H19N3O5. The molecule has 0 bridgehead atoms. The number of carbonyl (C=O) groups excluding carboxylic acids is 5. The van der Waals surface area contributed by atoms with E-state index in [-0.39, 0.29) is 41.5 Å². The van der Waals surface area contributed by atoms with Crippen LogP contribution in [0, 0.1) is 0 Å². The summed E-state index contributed by atoms with van der Waals surface area (Å²) >= 11 is 0. The van der Waals surface area contributed by atoms with E-state index < -0.39 is 29.7 Å². The Bertz CT molecular complexity index is 832. The zero-order valence-electron chi connectivity index (χ0n) is 14.5. The molecule has 0 aromatic heterocycles. The van der Waals surface area contributed by atoms with Crippen molar-refractivity contribution in [1.82, 2.24) is 15.5 Å². The summed E-state index contributed by atoms with van der Waals surface area (Å²) in [7, 11) is 0. The highest BCUT2D eigenvalue weighted by Crippen LogP contribution is 2.28. The van der Waals surface area contributed by atoms with Gasteiger partial charge in [-0.2, -0.15) is 0 Å². The van der Waals surface area contributed by atoms with Gasteiger partial charge < -0.3 is 5.32 Å². The molecular weight excluding hydrogens is 338 g/mol. The fourth-order valence-corrected chi connectivity index (χ4v) is 3.02. The lowest BCUT2D eigenvalue weighted by molar-refractivity contribution is -0.136. The van der Waals surface area contributed by atoms with Gasteiger partial charge >= 0.3 is 0 Å². The number of nitrogens with one attached hydrogen (secondary N) is 2. The first-order chi connectivity index (χ1) is 12.3. The summed E-state index contributed by atoms with van der Waals surface area (Å²) in [5.74, 6) is -2.63. The van der Waals surface area contributed by atoms with Crippen LogP contribution in [0.25, 0.3) is 0 Å². The number of benzene rings is 1. The Kier molecular flexibility index (Phi) is 4.58. The van der Waals surface area contributed by atoms with Crippen LogP contribution in [-0.4, -0.2) is 46.5 Å². The van der Waals surface area contributed by atoms with Crippen LogP contribution < -0.4 is 10.6 Å². The van der Waals surface area contributed by atoms with Crippen molar-refractivity contribution >= 4 is 29.5 Å². The Hall–Kier alpha value is -3.03. The molecule has 0 aliphatic carbocycles. The van der Waals surface area contributed by atoms with Crippen molar-refractivity contribution < 1.29 is 24.0 Å². The summed E-state index contributed by atoms with van der Waals surface area (Å²) in [5.41, 5.74) is 0.520. The van der Waals surface area contributed by atoms with Gasteiger partial charge in [-0.25, -0.2) is 0 Å². The molecule has 136 valence electrons. The van der Waals surface area contributed by atoms with E-state index in [1.807, 2.05) is 13.8 Å². The van der Waals surface area contributed by atoms with Crippen LogP contribution in [0.5, 0.6) is 0 Å². The second-order valence-electron chi connectivity index (χ2n) is 6.49. The van der Waals surface area contributed by atoms with Gasteiger partial charge in [0.15, 0.2) is 0 Å². The lowest BCUT2D eigenvalue weighted by Gasteiger charge is -2.27. The number of amides is 5. The summed E-state index contributed by atoms with van der Waals surface area (Å²) in [6.07, 6.45) is 0.918. The van der Waals surface area contributed by atoms with E-state index in [0.29, 0.717) is 0 Å². The van der Waals surface area contributed by atoms with Gasteiger partial charge in [0, 0.05) is 18.0 Å². The largest absolute Gasteiger partial charge is 0.350 e. The van der Waals surface area contributed by atoms with Gasteiger partial charge in [-0.3, -0.25) is 34.2 Å². The van der Waals surface area contributed by atoms with Gasteiger partial charge in [-0.15, -0.1) is 0 Å². The Morgan fingerprint density at radius 2 is 1.92 bits per heavy atom. The Labute approximate surface area is 149 Å². The SMILES string of the molecule is CCC(C)NC(=O)c1ccc2c(c1)C(=O)N(C1CCC(=O)NC1=O)C2=O. The number of hydrogen-bond donors (Lipinski definition) is 2. The van der Waals surface area contributed by atoms with Crippen LogP contribution in [0.15, 0.2) is 18.2 Å². The third-order valence-electron chi connectivity index (χ3n) is 4.69. The van der Waals surface area contributed by atoms with Crippen LogP contribution in [0.2, 0.25) is 0 Å². The van der Waals surface area contributed by atoms with Gasteiger partial charge in [0.25, 0.3) is 17.7 Å². The van der Waals surface area contributed by atoms with Gasteiger partial charge in [0.2, 0.25) is 11.8 Å². The molecule has 1 fully saturated rings. The maximum atomic E-state index is 12.7. The maximum Gasteiger partial charge on any atom is 0.262 e. The normalized spacial score (nSPS) is 20.7. The maximum absolute atomic E-state index is 12.7. The summed E-state index contributed by atoms with van der Waals surface area (Å²) in [5, 5.41) is 4.94.